The van der Waals surface area contributed by atoms with Crippen molar-refractivity contribution >= 4 is 17.5 Å². The van der Waals surface area contributed by atoms with E-state index in [1.807, 2.05) is 31.2 Å². The van der Waals surface area contributed by atoms with Crippen molar-refractivity contribution in [3.63, 3.8) is 0 Å². The van der Waals surface area contributed by atoms with E-state index in [2.05, 4.69) is 20.5 Å². The van der Waals surface area contributed by atoms with Crippen LogP contribution in [-0.2, 0) is 16.1 Å². The molecule has 1 saturated heterocycles. The molecule has 0 N–H and O–H groups in total. The van der Waals surface area contributed by atoms with Crippen molar-refractivity contribution in [2.75, 3.05) is 4.90 Å². The van der Waals surface area contributed by atoms with E-state index < -0.39 is 29.7 Å². The van der Waals surface area contributed by atoms with Gasteiger partial charge in [-0.05, 0) is 31.2 Å². The third-order valence-electron chi connectivity index (χ3n) is 4.97. The number of carbonyl (C=O) groups is 2. The molecule has 2 atom stereocenters. The second kappa shape index (κ2) is 6.83. The molecule has 2 aliphatic rings. The number of nitrogens with zero attached hydrogens (tertiary/aromatic N) is 6. The number of hydrogen-bond donors (Lipinski definition) is 0. The highest BCUT2D eigenvalue weighted by Crippen LogP contribution is 2.33. The van der Waals surface area contributed by atoms with Gasteiger partial charge in [-0.15, -0.1) is 0 Å². The molecule has 5 rings (SSSR count). The quantitative estimate of drug-likeness (QED) is 0.617. The predicted molar refractivity (Wildman–Crippen MR) is 101 cm³/mol. The molecular weight excluding hydrogens is 391 g/mol. The Morgan fingerprint density at radius 2 is 1.93 bits per heavy atom. The first-order valence-electron chi connectivity index (χ1n) is 9.22. The van der Waals surface area contributed by atoms with Gasteiger partial charge in [0.05, 0.1) is 5.69 Å². The molecule has 0 spiro atoms. The molecule has 2 aliphatic heterocycles. The molecule has 0 saturated carbocycles. The lowest BCUT2D eigenvalue weighted by Gasteiger charge is -2.19. The first kappa shape index (κ1) is 18.1. The van der Waals surface area contributed by atoms with Crippen LogP contribution in [0.1, 0.15) is 11.5 Å². The Labute approximate surface area is 169 Å². The third-order valence-corrected chi connectivity index (χ3v) is 4.97. The highest BCUT2D eigenvalue weighted by molar-refractivity contribution is 6.25. The van der Waals surface area contributed by atoms with E-state index in [9.17, 15) is 14.0 Å². The lowest BCUT2D eigenvalue weighted by Crippen LogP contribution is -2.39. The summed E-state index contributed by atoms with van der Waals surface area (Å²) in [6.45, 7) is 1.97. The lowest BCUT2D eigenvalue weighted by molar-refractivity contribution is -0.123. The van der Waals surface area contributed by atoms with Gasteiger partial charge in [0.2, 0.25) is 11.7 Å². The zero-order valence-electron chi connectivity index (χ0n) is 15.8. The van der Waals surface area contributed by atoms with Crippen LogP contribution in [-0.4, -0.2) is 39.0 Å². The normalized spacial score (nSPS) is 20.3. The standard InChI is InChI=1S/C20H15FN6O3/c1-11-4-2-5-12(8-11)18-22-15(30-24-18)10-26-17-16(23-25-26)19(28)27(20(17)29)14-7-3-6-13(21)9-14/h2-9,16-17H,10H2,1H3/t16-,17-/m0/s1. The van der Waals surface area contributed by atoms with E-state index in [0.29, 0.717) is 5.82 Å². The van der Waals surface area contributed by atoms with Crippen LogP contribution in [0.25, 0.3) is 11.4 Å². The number of halogens is 1. The molecule has 1 fully saturated rings. The van der Waals surface area contributed by atoms with Crippen LogP contribution in [0.3, 0.4) is 0 Å². The van der Waals surface area contributed by atoms with Gasteiger partial charge in [-0.25, -0.2) is 9.29 Å². The van der Waals surface area contributed by atoms with Gasteiger partial charge in [0.25, 0.3) is 11.8 Å². The van der Waals surface area contributed by atoms with E-state index in [1.165, 1.54) is 23.2 Å². The zero-order valence-corrected chi connectivity index (χ0v) is 15.8. The van der Waals surface area contributed by atoms with Gasteiger partial charge < -0.3 is 4.52 Å². The summed E-state index contributed by atoms with van der Waals surface area (Å²) in [6, 6.07) is 11.0. The van der Waals surface area contributed by atoms with Crippen molar-refractivity contribution in [3.8, 4) is 11.4 Å². The number of hydrogen-bond acceptors (Lipinski definition) is 8. The van der Waals surface area contributed by atoms with E-state index in [0.717, 1.165) is 22.1 Å². The van der Waals surface area contributed by atoms with Gasteiger partial charge in [0.1, 0.15) is 12.4 Å². The van der Waals surface area contributed by atoms with E-state index in [-0.39, 0.29) is 18.1 Å². The summed E-state index contributed by atoms with van der Waals surface area (Å²) >= 11 is 0. The van der Waals surface area contributed by atoms with Crippen molar-refractivity contribution in [1.82, 2.24) is 15.1 Å². The first-order chi connectivity index (χ1) is 14.5. The molecule has 1 aromatic heterocycles. The summed E-state index contributed by atoms with van der Waals surface area (Å²) in [4.78, 5) is 30.9. The number of aryl methyl sites for hydroxylation is 1. The molecule has 10 heteroatoms. The topological polar surface area (TPSA) is 104 Å². The lowest BCUT2D eigenvalue weighted by atomic mass is 10.1. The number of fused-ring (bicyclic) bond motifs is 1. The largest absolute Gasteiger partial charge is 0.337 e. The van der Waals surface area contributed by atoms with Crippen molar-refractivity contribution in [2.45, 2.75) is 25.6 Å². The summed E-state index contributed by atoms with van der Waals surface area (Å²) < 4.78 is 18.9. The molecule has 30 heavy (non-hydrogen) atoms. The molecule has 0 aliphatic carbocycles. The number of anilines is 1. The zero-order chi connectivity index (χ0) is 20.8. The first-order valence-corrected chi connectivity index (χ1v) is 9.22. The summed E-state index contributed by atoms with van der Waals surface area (Å²) in [7, 11) is 0. The number of imide groups is 1. The fourth-order valence-electron chi connectivity index (χ4n) is 3.58. The van der Waals surface area contributed by atoms with Gasteiger partial charge in [-0.3, -0.25) is 14.6 Å². The average molecular weight is 406 g/mol. The second-order valence-electron chi connectivity index (χ2n) is 7.07. The van der Waals surface area contributed by atoms with Gasteiger partial charge in [-0.1, -0.05) is 40.2 Å². The molecule has 0 radical (unpaired) electrons. The molecule has 3 aromatic rings. The van der Waals surface area contributed by atoms with Crippen LogP contribution < -0.4 is 4.90 Å². The smallest absolute Gasteiger partial charge is 0.263 e. The Morgan fingerprint density at radius 3 is 2.73 bits per heavy atom. The maximum absolute atomic E-state index is 13.6. The highest BCUT2D eigenvalue weighted by Gasteiger charge is 2.55. The van der Waals surface area contributed by atoms with Crippen LogP contribution in [0.15, 0.2) is 63.4 Å². The Hall–Kier alpha value is -3.95. The highest BCUT2D eigenvalue weighted by atomic mass is 19.1. The fourth-order valence-corrected chi connectivity index (χ4v) is 3.58. The van der Waals surface area contributed by atoms with Gasteiger partial charge in [0, 0.05) is 5.56 Å². The molecule has 2 amide bonds. The number of rotatable bonds is 4. The summed E-state index contributed by atoms with van der Waals surface area (Å²) in [5, 5.41) is 13.2. The average Bonchev–Trinajstić information content (AvgIpc) is 3.41. The van der Waals surface area contributed by atoms with Gasteiger partial charge >= 0.3 is 0 Å². The summed E-state index contributed by atoms with van der Waals surface area (Å²) in [6.07, 6.45) is 0. The van der Waals surface area contributed by atoms with Crippen molar-refractivity contribution in [3.05, 3.63) is 65.8 Å². The van der Waals surface area contributed by atoms with E-state index in [1.54, 1.807) is 0 Å². The van der Waals surface area contributed by atoms with Crippen LogP contribution >= 0.6 is 0 Å². The minimum atomic E-state index is -0.986. The second-order valence-corrected chi connectivity index (χ2v) is 7.07. The van der Waals surface area contributed by atoms with Crippen LogP contribution in [0.4, 0.5) is 10.1 Å². The van der Waals surface area contributed by atoms with Crippen LogP contribution in [0.5, 0.6) is 0 Å². The van der Waals surface area contributed by atoms with Gasteiger partial charge in [-0.2, -0.15) is 10.1 Å². The minimum absolute atomic E-state index is 0.0134. The maximum atomic E-state index is 13.6. The van der Waals surface area contributed by atoms with Crippen molar-refractivity contribution < 1.29 is 18.5 Å². The van der Waals surface area contributed by atoms with Crippen LogP contribution in [0.2, 0.25) is 0 Å². The number of benzene rings is 2. The molecule has 0 unspecified atom stereocenters. The SMILES string of the molecule is Cc1cccc(-c2noc(CN3N=N[C@@H]4C(=O)N(c5cccc(F)c5)C(=O)[C@H]43)n2)c1. The van der Waals surface area contributed by atoms with E-state index >= 15 is 0 Å². The molecule has 2 aromatic carbocycles. The van der Waals surface area contributed by atoms with Crippen molar-refractivity contribution in [1.29, 1.82) is 0 Å². The Bertz CT molecular complexity index is 1190. The fraction of sp³-hybridized carbons (Fsp3) is 0.200. The Kier molecular flexibility index (Phi) is 4.12. The van der Waals surface area contributed by atoms with Crippen LogP contribution in [0, 0.1) is 12.7 Å². The number of aromatic nitrogens is 2. The molecule has 3 heterocycles. The maximum Gasteiger partial charge on any atom is 0.263 e. The van der Waals surface area contributed by atoms with Crippen molar-refractivity contribution in [2.24, 2.45) is 10.3 Å². The summed E-state index contributed by atoms with van der Waals surface area (Å²) in [5.74, 6) is -0.975. The molecule has 150 valence electrons. The molecule has 0 bridgehead atoms. The number of amides is 2. The Morgan fingerprint density at radius 1 is 1.10 bits per heavy atom. The number of carbonyl (C=O) groups excluding carboxylic acids is 2. The van der Waals surface area contributed by atoms with E-state index in [4.69, 9.17) is 4.52 Å². The Balaban J connectivity index is 1.37. The predicted octanol–water partition coefficient (Wildman–Crippen LogP) is 2.68. The molecule has 9 nitrogen and oxygen atoms in total. The third kappa shape index (κ3) is 2.93. The van der Waals surface area contributed by atoms with Gasteiger partial charge in [0.15, 0.2) is 12.1 Å². The molecular formula is C20H15FN6O3. The summed E-state index contributed by atoms with van der Waals surface area (Å²) in [5.41, 5.74) is 2.02. The monoisotopic (exact) mass is 406 g/mol. The minimum Gasteiger partial charge on any atom is -0.337 e.